The summed E-state index contributed by atoms with van der Waals surface area (Å²) in [6, 6.07) is 4.79. The fraction of sp³-hybridized carbons (Fsp3) is 0.722. The molecule has 2 aliphatic rings. The van der Waals surface area contributed by atoms with E-state index in [1.807, 2.05) is 12.4 Å². The first kappa shape index (κ1) is 15.0. The van der Waals surface area contributed by atoms with E-state index in [2.05, 4.69) is 34.3 Å². The van der Waals surface area contributed by atoms with Crippen molar-refractivity contribution in [3.63, 3.8) is 0 Å². The Labute approximate surface area is 129 Å². The minimum atomic E-state index is 0.508. The highest BCUT2D eigenvalue weighted by Crippen LogP contribution is 2.31. The number of hydrogen-bond acceptors (Lipinski definition) is 3. The molecule has 1 aliphatic carbocycles. The minimum Gasteiger partial charge on any atom is -0.314 e. The molecule has 3 heteroatoms. The molecular weight excluding hydrogens is 258 g/mol. The third-order valence-electron chi connectivity index (χ3n) is 5.29. The van der Waals surface area contributed by atoms with Crippen molar-refractivity contribution < 1.29 is 0 Å². The molecule has 3 nitrogen and oxygen atoms in total. The molecule has 2 fully saturated rings. The van der Waals surface area contributed by atoms with Crippen molar-refractivity contribution in [3.8, 4) is 0 Å². The van der Waals surface area contributed by atoms with E-state index >= 15 is 0 Å². The van der Waals surface area contributed by atoms with E-state index in [4.69, 9.17) is 0 Å². The molecular formula is C18H29N3. The summed E-state index contributed by atoms with van der Waals surface area (Å²) < 4.78 is 0. The second kappa shape index (κ2) is 7.37. The van der Waals surface area contributed by atoms with Crippen LogP contribution in [0.2, 0.25) is 0 Å². The standard InChI is InChI=1S/C18H29N3/c1-15-4-2-5-16(12-15)7-10-21-11-9-20-14-18(21)17-6-3-8-19-13-17/h3,6,8,13,15-16,18,20H,2,4-5,7,9-12,14H2,1H3. The number of nitrogens with zero attached hydrogens (tertiary/aromatic N) is 2. The maximum absolute atomic E-state index is 4.30. The Kier molecular flexibility index (Phi) is 5.26. The number of rotatable bonds is 4. The summed E-state index contributed by atoms with van der Waals surface area (Å²) in [5.74, 6) is 1.90. The van der Waals surface area contributed by atoms with Gasteiger partial charge in [0.15, 0.2) is 0 Å². The molecule has 3 unspecified atom stereocenters. The zero-order valence-corrected chi connectivity index (χ0v) is 13.3. The van der Waals surface area contributed by atoms with Crippen LogP contribution in [0.3, 0.4) is 0 Å². The molecule has 21 heavy (non-hydrogen) atoms. The van der Waals surface area contributed by atoms with Crippen LogP contribution in [-0.4, -0.2) is 36.1 Å². The van der Waals surface area contributed by atoms with Crippen molar-refractivity contribution in [1.29, 1.82) is 0 Å². The highest BCUT2D eigenvalue weighted by atomic mass is 15.2. The summed E-state index contributed by atoms with van der Waals surface area (Å²) in [6.45, 7) is 7.03. The van der Waals surface area contributed by atoms with Gasteiger partial charge in [0.1, 0.15) is 0 Å². The van der Waals surface area contributed by atoms with Gasteiger partial charge in [-0.1, -0.05) is 32.3 Å². The summed E-state index contributed by atoms with van der Waals surface area (Å²) in [5.41, 5.74) is 1.36. The number of aromatic nitrogens is 1. The third-order valence-corrected chi connectivity index (χ3v) is 5.29. The Morgan fingerprint density at radius 2 is 2.33 bits per heavy atom. The topological polar surface area (TPSA) is 28.2 Å². The Balaban J connectivity index is 1.57. The molecule has 1 N–H and O–H groups in total. The normalized spacial score (nSPS) is 31.2. The molecule has 0 aromatic carbocycles. The fourth-order valence-corrected chi connectivity index (χ4v) is 4.09. The molecule has 2 heterocycles. The maximum Gasteiger partial charge on any atom is 0.0488 e. The monoisotopic (exact) mass is 287 g/mol. The van der Waals surface area contributed by atoms with Crippen LogP contribution in [0.5, 0.6) is 0 Å². The largest absolute Gasteiger partial charge is 0.314 e. The minimum absolute atomic E-state index is 0.508. The van der Waals surface area contributed by atoms with E-state index in [9.17, 15) is 0 Å². The lowest BCUT2D eigenvalue weighted by Crippen LogP contribution is -2.46. The Morgan fingerprint density at radius 3 is 3.14 bits per heavy atom. The summed E-state index contributed by atoms with van der Waals surface area (Å²) in [5, 5.41) is 3.54. The first-order valence-corrected chi connectivity index (χ1v) is 8.67. The van der Waals surface area contributed by atoms with E-state index < -0.39 is 0 Å². The number of hydrogen-bond donors (Lipinski definition) is 1. The Morgan fingerprint density at radius 1 is 1.38 bits per heavy atom. The van der Waals surface area contributed by atoms with Gasteiger partial charge in [-0.3, -0.25) is 9.88 Å². The second-order valence-electron chi connectivity index (χ2n) is 6.97. The van der Waals surface area contributed by atoms with Gasteiger partial charge in [0.05, 0.1) is 0 Å². The van der Waals surface area contributed by atoms with Gasteiger partial charge in [-0.2, -0.15) is 0 Å². The first-order chi connectivity index (χ1) is 10.3. The first-order valence-electron chi connectivity index (χ1n) is 8.67. The molecule has 1 aromatic heterocycles. The molecule has 0 radical (unpaired) electrons. The lowest BCUT2D eigenvalue weighted by molar-refractivity contribution is 0.140. The Hall–Kier alpha value is -0.930. The average Bonchev–Trinajstić information content (AvgIpc) is 2.54. The predicted molar refractivity (Wildman–Crippen MR) is 87.2 cm³/mol. The zero-order chi connectivity index (χ0) is 14.5. The molecule has 3 atom stereocenters. The van der Waals surface area contributed by atoms with E-state index in [1.54, 1.807) is 0 Å². The van der Waals surface area contributed by atoms with Gasteiger partial charge >= 0.3 is 0 Å². The van der Waals surface area contributed by atoms with Gasteiger partial charge in [-0.05, 0) is 42.9 Å². The van der Waals surface area contributed by atoms with Crippen LogP contribution in [0.25, 0.3) is 0 Å². The summed E-state index contributed by atoms with van der Waals surface area (Å²) >= 11 is 0. The van der Waals surface area contributed by atoms with Crippen LogP contribution >= 0.6 is 0 Å². The van der Waals surface area contributed by atoms with Crippen LogP contribution in [0.4, 0.5) is 0 Å². The van der Waals surface area contributed by atoms with Crippen LogP contribution in [-0.2, 0) is 0 Å². The predicted octanol–water partition coefficient (Wildman–Crippen LogP) is 3.24. The molecule has 0 spiro atoms. The second-order valence-corrected chi connectivity index (χ2v) is 6.97. The van der Waals surface area contributed by atoms with Gasteiger partial charge in [0.2, 0.25) is 0 Å². The summed E-state index contributed by atoms with van der Waals surface area (Å²) in [4.78, 5) is 6.97. The molecule has 116 valence electrons. The quantitative estimate of drug-likeness (QED) is 0.921. The summed E-state index contributed by atoms with van der Waals surface area (Å²) in [6.07, 6.45) is 11.1. The van der Waals surface area contributed by atoms with Gasteiger partial charge in [0, 0.05) is 38.1 Å². The van der Waals surface area contributed by atoms with E-state index in [-0.39, 0.29) is 0 Å². The van der Waals surface area contributed by atoms with Crippen molar-refractivity contribution in [1.82, 2.24) is 15.2 Å². The number of piperazine rings is 1. The van der Waals surface area contributed by atoms with Crippen LogP contribution in [0.15, 0.2) is 24.5 Å². The van der Waals surface area contributed by atoms with Crippen molar-refractivity contribution >= 4 is 0 Å². The van der Waals surface area contributed by atoms with Crippen LogP contribution in [0.1, 0.15) is 50.6 Å². The van der Waals surface area contributed by atoms with Crippen molar-refractivity contribution in [2.75, 3.05) is 26.2 Å². The van der Waals surface area contributed by atoms with Gasteiger partial charge in [-0.15, -0.1) is 0 Å². The lowest BCUT2D eigenvalue weighted by Gasteiger charge is -2.37. The van der Waals surface area contributed by atoms with E-state index in [0.717, 1.165) is 24.9 Å². The van der Waals surface area contributed by atoms with Crippen molar-refractivity contribution in [2.24, 2.45) is 11.8 Å². The van der Waals surface area contributed by atoms with Crippen molar-refractivity contribution in [3.05, 3.63) is 30.1 Å². The molecule has 0 amide bonds. The number of nitrogens with one attached hydrogen (secondary N) is 1. The number of pyridine rings is 1. The zero-order valence-electron chi connectivity index (χ0n) is 13.3. The highest BCUT2D eigenvalue weighted by molar-refractivity contribution is 5.15. The molecule has 1 aliphatic heterocycles. The highest BCUT2D eigenvalue weighted by Gasteiger charge is 2.25. The van der Waals surface area contributed by atoms with E-state index in [0.29, 0.717) is 6.04 Å². The molecule has 3 rings (SSSR count). The molecule has 1 saturated carbocycles. The van der Waals surface area contributed by atoms with Gasteiger partial charge in [0.25, 0.3) is 0 Å². The molecule has 1 aromatic rings. The van der Waals surface area contributed by atoms with Crippen LogP contribution in [0, 0.1) is 11.8 Å². The van der Waals surface area contributed by atoms with Gasteiger partial charge in [-0.25, -0.2) is 0 Å². The maximum atomic E-state index is 4.30. The smallest absolute Gasteiger partial charge is 0.0488 e. The summed E-state index contributed by atoms with van der Waals surface area (Å²) in [7, 11) is 0. The molecule has 1 saturated heterocycles. The van der Waals surface area contributed by atoms with E-state index in [1.165, 1.54) is 50.8 Å². The SMILES string of the molecule is CC1CCCC(CCN2CCNCC2c2cccnc2)C1. The third kappa shape index (κ3) is 4.04. The van der Waals surface area contributed by atoms with Gasteiger partial charge < -0.3 is 5.32 Å². The van der Waals surface area contributed by atoms with Crippen LogP contribution < -0.4 is 5.32 Å². The average molecular weight is 287 g/mol. The van der Waals surface area contributed by atoms with Crippen molar-refractivity contribution in [2.45, 2.75) is 45.1 Å². The fourth-order valence-electron chi connectivity index (χ4n) is 4.09. The Bertz CT molecular complexity index is 420. The lowest BCUT2D eigenvalue weighted by atomic mass is 9.80. The molecule has 0 bridgehead atoms.